The molecule has 0 aliphatic carbocycles. The van der Waals surface area contributed by atoms with Crippen LogP contribution in [0, 0.1) is 11.3 Å². The van der Waals surface area contributed by atoms with Crippen LogP contribution in [0.5, 0.6) is 0 Å². The molecule has 1 aromatic heterocycles. The smallest absolute Gasteiger partial charge is 0.339 e. The highest BCUT2D eigenvalue weighted by Crippen LogP contribution is 2.27. The van der Waals surface area contributed by atoms with Gasteiger partial charge in [-0.1, -0.05) is 62.4 Å². The number of nitriles is 1. The van der Waals surface area contributed by atoms with Crippen LogP contribution in [0.1, 0.15) is 47.7 Å². The minimum Gasteiger partial charge on any atom is -0.452 e. The summed E-state index contributed by atoms with van der Waals surface area (Å²) in [5, 5.41) is 12.3. The molecule has 1 amide bonds. The van der Waals surface area contributed by atoms with Crippen molar-refractivity contribution in [2.45, 2.75) is 26.2 Å². The van der Waals surface area contributed by atoms with E-state index in [1.807, 2.05) is 42.5 Å². The Balaban J connectivity index is 1.55. The molecule has 0 aliphatic rings. The summed E-state index contributed by atoms with van der Waals surface area (Å²) in [6, 6.07) is 25.8. The van der Waals surface area contributed by atoms with Crippen molar-refractivity contribution in [3.63, 3.8) is 0 Å². The molecule has 6 nitrogen and oxygen atoms in total. The number of anilines is 1. The molecule has 0 unspecified atom stereocenters. The first-order valence-electron chi connectivity index (χ1n) is 11.5. The van der Waals surface area contributed by atoms with E-state index in [9.17, 15) is 9.59 Å². The number of aromatic nitrogens is 1. The van der Waals surface area contributed by atoms with Crippen molar-refractivity contribution in [2.75, 3.05) is 11.9 Å². The Morgan fingerprint density at radius 3 is 2.54 bits per heavy atom. The third-order valence-corrected chi connectivity index (χ3v) is 5.93. The number of carbonyl (C=O) groups excluding carboxylic acids is 2. The van der Waals surface area contributed by atoms with E-state index in [1.165, 1.54) is 5.56 Å². The summed E-state index contributed by atoms with van der Waals surface area (Å²) in [6.45, 7) is 3.89. The lowest BCUT2D eigenvalue weighted by Gasteiger charge is -2.12. The molecule has 4 rings (SSSR count). The largest absolute Gasteiger partial charge is 0.452 e. The normalized spacial score (nSPS) is 11.5. The molecule has 35 heavy (non-hydrogen) atoms. The molecule has 0 aliphatic heterocycles. The molecule has 3 aromatic carbocycles. The highest BCUT2D eigenvalue weighted by molar-refractivity contribution is 6.05. The average Bonchev–Trinajstić information content (AvgIpc) is 2.90. The van der Waals surface area contributed by atoms with Crippen LogP contribution in [0.4, 0.5) is 5.69 Å². The van der Waals surface area contributed by atoms with E-state index in [0.29, 0.717) is 39.3 Å². The fourth-order valence-electron chi connectivity index (χ4n) is 3.78. The molecule has 1 atom stereocenters. The number of esters is 1. The van der Waals surface area contributed by atoms with E-state index in [1.54, 1.807) is 30.3 Å². The maximum atomic E-state index is 13.0. The second kappa shape index (κ2) is 10.6. The van der Waals surface area contributed by atoms with Crippen LogP contribution >= 0.6 is 0 Å². The van der Waals surface area contributed by atoms with Crippen molar-refractivity contribution < 1.29 is 14.3 Å². The van der Waals surface area contributed by atoms with Crippen molar-refractivity contribution in [3.05, 3.63) is 95.6 Å². The summed E-state index contributed by atoms with van der Waals surface area (Å²) in [5.41, 5.74) is 4.70. The summed E-state index contributed by atoms with van der Waals surface area (Å²) in [4.78, 5) is 30.1. The molecule has 0 fully saturated rings. The van der Waals surface area contributed by atoms with E-state index < -0.39 is 18.5 Å². The van der Waals surface area contributed by atoms with Crippen molar-refractivity contribution in [3.8, 4) is 17.3 Å². The van der Waals surface area contributed by atoms with Crippen LogP contribution in [-0.2, 0) is 9.53 Å². The minimum absolute atomic E-state index is 0.343. The van der Waals surface area contributed by atoms with Gasteiger partial charge in [0, 0.05) is 16.6 Å². The van der Waals surface area contributed by atoms with Gasteiger partial charge in [0.25, 0.3) is 5.91 Å². The van der Waals surface area contributed by atoms with Crippen LogP contribution < -0.4 is 5.32 Å². The van der Waals surface area contributed by atoms with E-state index >= 15 is 0 Å². The zero-order valence-electron chi connectivity index (χ0n) is 19.6. The number of amides is 1. The predicted molar refractivity (Wildman–Crippen MR) is 136 cm³/mol. The molecule has 1 N–H and O–H groups in total. The van der Waals surface area contributed by atoms with Crippen LogP contribution in [0.2, 0.25) is 0 Å². The van der Waals surface area contributed by atoms with Crippen LogP contribution in [0.25, 0.3) is 22.2 Å². The maximum absolute atomic E-state index is 13.0. The number of fused-ring (bicyclic) bond motifs is 1. The number of rotatable bonds is 7. The van der Waals surface area contributed by atoms with Gasteiger partial charge in [-0.25, -0.2) is 9.78 Å². The van der Waals surface area contributed by atoms with Gasteiger partial charge in [0.2, 0.25) is 0 Å². The van der Waals surface area contributed by atoms with Crippen molar-refractivity contribution in [1.29, 1.82) is 5.26 Å². The standard InChI is InChI=1S/C29H25N3O3/c1-3-19(2)21-11-13-22(14-12-21)27-16-25(24-9-4-5-10-26(24)32-27)29(34)35-18-28(33)31-23-8-6-7-20(15-23)17-30/h4-16,19H,3,18H2,1-2H3,(H,31,33)/t19-/m0/s1. The summed E-state index contributed by atoms with van der Waals surface area (Å²) in [5.74, 6) is -0.637. The number of benzene rings is 3. The lowest BCUT2D eigenvalue weighted by molar-refractivity contribution is -0.119. The molecule has 174 valence electrons. The Labute approximate surface area is 204 Å². The molecule has 0 spiro atoms. The zero-order chi connectivity index (χ0) is 24.8. The van der Waals surface area contributed by atoms with E-state index in [-0.39, 0.29) is 0 Å². The van der Waals surface area contributed by atoms with Crippen LogP contribution in [0.15, 0.2) is 78.9 Å². The maximum Gasteiger partial charge on any atom is 0.339 e. The van der Waals surface area contributed by atoms with Gasteiger partial charge in [-0.05, 0) is 48.2 Å². The third-order valence-electron chi connectivity index (χ3n) is 5.93. The van der Waals surface area contributed by atoms with Gasteiger partial charge in [0.15, 0.2) is 6.61 Å². The fourth-order valence-corrected chi connectivity index (χ4v) is 3.78. The topological polar surface area (TPSA) is 92.1 Å². The third kappa shape index (κ3) is 5.53. The number of pyridine rings is 1. The Morgan fingerprint density at radius 2 is 1.80 bits per heavy atom. The monoisotopic (exact) mass is 463 g/mol. The summed E-state index contributed by atoms with van der Waals surface area (Å²) in [7, 11) is 0. The second-order valence-electron chi connectivity index (χ2n) is 8.32. The highest BCUT2D eigenvalue weighted by Gasteiger charge is 2.17. The van der Waals surface area contributed by atoms with E-state index in [4.69, 9.17) is 15.0 Å². The number of carbonyl (C=O) groups is 2. The molecule has 0 saturated carbocycles. The Kier molecular flexibility index (Phi) is 7.18. The van der Waals surface area contributed by atoms with Crippen LogP contribution in [0.3, 0.4) is 0 Å². The summed E-state index contributed by atoms with van der Waals surface area (Å²) in [6.07, 6.45) is 1.06. The molecule has 0 saturated heterocycles. The number of hydrogen-bond donors (Lipinski definition) is 1. The van der Waals surface area contributed by atoms with Crippen molar-refractivity contribution in [1.82, 2.24) is 4.98 Å². The van der Waals surface area contributed by atoms with E-state index in [2.05, 4.69) is 31.3 Å². The van der Waals surface area contributed by atoms with Gasteiger partial charge in [0.05, 0.1) is 28.4 Å². The number of para-hydroxylation sites is 1. The Morgan fingerprint density at radius 1 is 1.03 bits per heavy atom. The Hall–Kier alpha value is -4.50. The molecule has 6 heteroatoms. The molecular weight excluding hydrogens is 438 g/mol. The SMILES string of the molecule is CC[C@H](C)c1ccc(-c2cc(C(=O)OCC(=O)Nc3cccc(C#N)c3)c3ccccc3n2)cc1. The molecule has 4 aromatic rings. The quantitative estimate of drug-likeness (QED) is 0.335. The van der Waals surface area contributed by atoms with E-state index in [0.717, 1.165) is 12.0 Å². The van der Waals surface area contributed by atoms with Gasteiger partial charge in [-0.15, -0.1) is 0 Å². The second-order valence-corrected chi connectivity index (χ2v) is 8.32. The fraction of sp³-hybridized carbons (Fsp3) is 0.172. The number of ether oxygens (including phenoxy) is 1. The lowest BCUT2D eigenvalue weighted by atomic mass is 9.96. The van der Waals surface area contributed by atoms with Gasteiger partial charge in [0.1, 0.15) is 0 Å². The van der Waals surface area contributed by atoms with Gasteiger partial charge >= 0.3 is 5.97 Å². The molecule has 1 heterocycles. The first-order chi connectivity index (χ1) is 17.0. The van der Waals surface area contributed by atoms with Gasteiger partial charge in [-0.2, -0.15) is 5.26 Å². The zero-order valence-corrected chi connectivity index (χ0v) is 19.6. The lowest BCUT2D eigenvalue weighted by Crippen LogP contribution is -2.21. The highest BCUT2D eigenvalue weighted by atomic mass is 16.5. The minimum atomic E-state index is -0.609. The summed E-state index contributed by atoms with van der Waals surface area (Å²) >= 11 is 0. The predicted octanol–water partition coefficient (Wildman–Crippen LogP) is 6.08. The van der Waals surface area contributed by atoms with Gasteiger partial charge < -0.3 is 10.1 Å². The van der Waals surface area contributed by atoms with Gasteiger partial charge in [-0.3, -0.25) is 4.79 Å². The Bertz CT molecular complexity index is 1420. The average molecular weight is 464 g/mol. The summed E-state index contributed by atoms with van der Waals surface area (Å²) < 4.78 is 5.34. The molecular formula is C29H25N3O3. The van der Waals surface area contributed by atoms with Crippen molar-refractivity contribution in [2.24, 2.45) is 0 Å². The molecule has 0 radical (unpaired) electrons. The number of nitrogens with one attached hydrogen (secondary N) is 1. The number of hydrogen-bond acceptors (Lipinski definition) is 5. The first kappa shape index (κ1) is 23.7. The van der Waals surface area contributed by atoms with Crippen molar-refractivity contribution >= 4 is 28.5 Å². The molecule has 0 bridgehead atoms. The van der Waals surface area contributed by atoms with Crippen LogP contribution in [-0.4, -0.2) is 23.5 Å². The first-order valence-corrected chi connectivity index (χ1v) is 11.5. The number of nitrogens with zero attached hydrogens (tertiary/aromatic N) is 2.